The Balaban J connectivity index is 1.55. The van der Waals surface area contributed by atoms with Gasteiger partial charge in [-0.2, -0.15) is 0 Å². The van der Waals surface area contributed by atoms with Crippen molar-refractivity contribution >= 4 is 46.2 Å². The van der Waals surface area contributed by atoms with E-state index < -0.39 is 36.5 Å². The number of hydrogen-bond donors (Lipinski definition) is 5. The number of rotatable bonds is 5. The molecule has 12 nitrogen and oxygen atoms in total. The molecule has 2 aromatic heterocycles. The molecule has 0 saturated carbocycles. The zero-order valence-corrected chi connectivity index (χ0v) is 17.5. The molecule has 168 valence electrons. The van der Waals surface area contributed by atoms with Gasteiger partial charge in [0.05, 0.1) is 6.33 Å². The number of anilines is 2. The lowest BCUT2D eigenvalue weighted by Gasteiger charge is -2.16. The van der Waals surface area contributed by atoms with Gasteiger partial charge >= 0.3 is 6.03 Å². The first-order chi connectivity index (χ1) is 15.4. The van der Waals surface area contributed by atoms with Crippen molar-refractivity contribution in [3.05, 3.63) is 41.9 Å². The molecule has 0 aliphatic carbocycles. The Morgan fingerprint density at radius 1 is 1.19 bits per heavy atom. The first-order valence-corrected chi connectivity index (χ1v) is 10.1. The highest BCUT2D eigenvalue weighted by Crippen LogP contribution is 2.32. The Kier molecular flexibility index (Phi) is 6.19. The molecule has 0 bridgehead atoms. The number of likely N-dealkylation sites (N-methyl/N-ethyl adjacent to an activating group) is 1. The third-order valence-electron chi connectivity index (χ3n) is 4.80. The minimum Gasteiger partial charge on any atom is -0.387 e. The van der Waals surface area contributed by atoms with Crippen molar-refractivity contribution in [1.29, 1.82) is 0 Å². The molecule has 13 heteroatoms. The van der Waals surface area contributed by atoms with Crippen LogP contribution in [-0.2, 0) is 9.53 Å². The zero-order chi connectivity index (χ0) is 22.8. The number of carbonyl (C=O) groups excluding carboxylic acids is 2. The summed E-state index contributed by atoms with van der Waals surface area (Å²) in [5, 5.41) is 28.9. The zero-order valence-electron chi connectivity index (χ0n) is 16.8. The van der Waals surface area contributed by atoms with Crippen LogP contribution in [0.2, 0.25) is 5.02 Å². The number of nitrogens with zero attached hydrogens (tertiary/aromatic N) is 4. The van der Waals surface area contributed by atoms with E-state index >= 15 is 0 Å². The van der Waals surface area contributed by atoms with Crippen LogP contribution in [-0.4, -0.2) is 66.5 Å². The molecular weight excluding hydrogens is 442 g/mol. The molecule has 1 fully saturated rings. The van der Waals surface area contributed by atoms with E-state index in [0.717, 1.165) is 0 Å². The standard InChI is InChI=1S/C19H20ClN7O5/c1-2-21-17(30)14-12(28)13(29)18(32-14)27-8-24-11-15(22-7-23-16(11)27)26-19(31)25-10-5-3-4-9(20)6-10/h3-8,12-14,18,28-29H,2H2,1H3,(H,21,30)(H2,22,23,25,26,31). The van der Waals surface area contributed by atoms with E-state index in [2.05, 4.69) is 30.9 Å². The molecule has 0 spiro atoms. The van der Waals surface area contributed by atoms with E-state index in [1.807, 2.05) is 0 Å². The minimum atomic E-state index is -1.44. The second-order valence-electron chi connectivity index (χ2n) is 6.96. The molecule has 4 unspecified atom stereocenters. The maximum atomic E-state index is 12.4. The van der Waals surface area contributed by atoms with Crippen LogP contribution in [0, 0.1) is 0 Å². The Hall–Kier alpha value is -3.32. The number of benzene rings is 1. The van der Waals surface area contributed by atoms with Gasteiger partial charge in [0.1, 0.15) is 18.5 Å². The Bertz CT molecular complexity index is 1160. The van der Waals surface area contributed by atoms with Crippen molar-refractivity contribution < 1.29 is 24.5 Å². The van der Waals surface area contributed by atoms with Crippen LogP contribution in [0.1, 0.15) is 13.2 Å². The number of aliphatic hydroxyl groups excluding tert-OH is 2. The van der Waals surface area contributed by atoms with Crippen molar-refractivity contribution in [2.45, 2.75) is 31.5 Å². The van der Waals surface area contributed by atoms with Gasteiger partial charge in [0, 0.05) is 17.3 Å². The van der Waals surface area contributed by atoms with Crippen LogP contribution in [0.5, 0.6) is 0 Å². The predicted molar refractivity (Wildman–Crippen MR) is 114 cm³/mol. The fourth-order valence-corrected chi connectivity index (χ4v) is 3.54. The lowest BCUT2D eigenvalue weighted by Crippen LogP contribution is -2.42. The molecule has 4 atom stereocenters. The van der Waals surface area contributed by atoms with Gasteiger partial charge in [-0.3, -0.25) is 14.7 Å². The van der Waals surface area contributed by atoms with Crippen LogP contribution in [0.3, 0.4) is 0 Å². The van der Waals surface area contributed by atoms with Gasteiger partial charge in [0.15, 0.2) is 29.3 Å². The number of halogens is 1. The van der Waals surface area contributed by atoms with Crippen LogP contribution in [0.15, 0.2) is 36.9 Å². The van der Waals surface area contributed by atoms with Crippen molar-refractivity contribution in [2.75, 3.05) is 17.2 Å². The SMILES string of the molecule is CCNC(=O)C1OC(n2cnc3c(NC(=O)Nc4cccc(Cl)c4)ncnc32)C(O)C1O. The quantitative estimate of drug-likeness (QED) is 0.373. The van der Waals surface area contributed by atoms with Gasteiger partial charge in [-0.05, 0) is 25.1 Å². The number of carbonyl (C=O) groups is 2. The van der Waals surface area contributed by atoms with Gasteiger partial charge in [-0.15, -0.1) is 0 Å². The number of amides is 3. The van der Waals surface area contributed by atoms with Crippen molar-refractivity contribution in [3.63, 3.8) is 0 Å². The summed E-state index contributed by atoms with van der Waals surface area (Å²) in [5.41, 5.74) is 0.935. The predicted octanol–water partition coefficient (Wildman–Crippen LogP) is 0.879. The Morgan fingerprint density at radius 3 is 2.75 bits per heavy atom. The molecule has 3 aromatic rings. The molecule has 1 aromatic carbocycles. The number of aromatic nitrogens is 4. The summed E-state index contributed by atoms with van der Waals surface area (Å²) in [6, 6.07) is 6.05. The lowest BCUT2D eigenvalue weighted by atomic mass is 10.1. The fourth-order valence-electron chi connectivity index (χ4n) is 3.35. The van der Waals surface area contributed by atoms with E-state index in [1.165, 1.54) is 17.2 Å². The average molecular weight is 462 g/mol. The highest BCUT2D eigenvalue weighted by Gasteiger charge is 2.47. The highest BCUT2D eigenvalue weighted by atomic mass is 35.5. The third-order valence-corrected chi connectivity index (χ3v) is 5.03. The van der Waals surface area contributed by atoms with Crippen molar-refractivity contribution in [3.8, 4) is 0 Å². The van der Waals surface area contributed by atoms with Gasteiger partial charge in [0.2, 0.25) is 0 Å². The number of fused-ring (bicyclic) bond motifs is 1. The number of ether oxygens (including phenoxy) is 1. The van der Waals surface area contributed by atoms with E-state index in [1.54, 1.807) is 31.2 Å². The molecule has 3 heterocycles. The summed E-state index contributed by atoms with van der Waals surface area (Å²) in [6.07, 6.45) is -2.69. The number of hydrogen-bond acceptors (Lipinski definition) is 8. The second kappa shape index (κ2) is 9.04. The third kappa shape index (κ3) is 4.21. The normalized spacial score (nSPS) is 22.6. The topological polar surface area (TPSA) is 164 Å². The monoisotopic (exact) mass is 461 g/mol. The smallest absolute Gasteiger partial charge is 0.324 e. The summed E-state index contributed by atoms with van der Waals surface area (Å²) < 4.78 is 6.97. The number of aliphatic hydroxyl groups is 2. The average Bonchev–Trinajstić information content (AvgIpc) is 3.30. The van der Waals surface area contributed by atoms with Crippen LogP contribution >= 0.6 is 11.6 Å². The van der Waals surface area contributed by atoms with E-state index in [-0.39, 0.29) is 17.0 Å². The summed E-state index contributed by atoms with van der Waals surface area (Å²) in [5.74, 6) is -0.428. The number of nitrogens with one attached hydrogen (secondary N) is 3. The Labute approximate surface area is 186 Å². The number of urea groups is 1. The fraction of sp³-hybridized carbons (Fsp3) is 0.316. The molecular formula is C19H20ClN7O5. The maximum absolute atomic E-state index is 12.4. The van der Waals surface area contributed by atoms with E-state index in [4.69, 9.17) is 16.3 Å². The van der Waals surface area contributed by atoms with Crippen LogP contribution in [0.4, 0.5) is 16.3 Å². The molecule has 1 saturated heterocycles. The molecule has 32 heavy (non-hydrogen) atoms. The van der Waals surface area contributed by atoms with E-state index in [0.29, 0.717) is 17.3 Å². The number of imidazole rings is 1. The molecule has 0 radical (unpaired) electrons. The van der Waals surface area contributed by atoms with Gasteiger partial charge in [-0.25, -0.2) is 19.7 Å². The van der Waals surface area contributed by atoms with Gasteiger partial charge < -0.3 is 25.6 Å². The summed E-state index contributed by atoms with van der Waals surface area (Å²) >= 11 is 5.92. The minimum absolute atomic E-state index is 0.113. The highest BCUT2D eigenvalue weighted by molar-refractivity contribution is 6.30. The largest absolute Gasteiger partial charge is 0.387 e. The van der Waals surface area contributed by atoms with E-state index in [9.17, 15) is 19.8 Å². The Morgan fingerprint density at radius 2 is 2.00 bits per heavy atom. The molecule has 5 N–H and O–H groups in total. The van der Waals surface area contributed by atoms with Crippen molar-refractivity contribution in [1.82, 2.24) is 24.8 Å². The molecule has 4 rings (SSSR count). The summed E-state index contributed by atoms with van der Waals surface area (Å²) in [6.45, 7) is 2.07. The molecule has 1 aliphatic rings. The summed E-state index contributed by atoms with van der Waals surface area (Å²) in [4.78, 5) is 36.9. The van der Waals surface area contributed by atoms with Crippen molar-refractivity contribution in [2.24, 2.45) is 0 Å². The lowest BCUT2D eigenvalue weighted by molar-refractivity contribution is -0.137. The van der Waals surface area contributed by atoms with Gasteiger partial charge in [-0.1, -0.05) is 17.7 Å². The van der Waals surface area contributed by atoms with Crippen LogP contribution in [0.25, 0.3) is 11.2 Å². The first-order valence-electron chi connectivity index (χ1n) is 9.69. The summed E-state index contributed by atoms with van der Waals surface area (Å²) in [7, 11) is 0. The molecule has 3 amide bonds. The maximum Gasteiger partial charge on any atom is 0.324 e. The second-order valence-corrected chi connectivity index (χ2v) is 7.40. The first kappa shape index (κ1) is 21.9. The molecule has 1 aliphatic heterocycles. The van der Waals surface area contributed by atoms with Gasteiger partial charge in [0.25, 0.3) is 5.91 Å². The van der Waals surface area contributed by atoms with Crippen LogP contribution < -0.4 is 16.0 Å².